The average Bonchev–Trinajstić information content (AvgIpc) is 3.27. The molecule has 7 nitrogen and oxygen atoms in total. The van der Waals surface area contributed by atoms with Crippen molar-refractivity contribution in [3.63, 3.8) is 0 Å². The van der Waals surface area contributed by atoms with Gasteiger partial charge in [-0.05, 0) is 51.9 Å². The van der Waals surface area contributed by atoms with Crippen LogP contribution in [0, 0.1) is 6.92 Å². The third-order valence-corrected chi connectivity index (χ3v) is 5.85. The topological polar surface area (TPSA) is 71.6 Å². The van der Waals surface area contributed by atoms with Gasteiger partial charge in [-0.15, -0.1) is 0 Å². The van der Waals surface area contributed by atoms with E-state index in [-0.39, 0.29) is 11.5 Å². The van der Waals surface area contributed by atoms with Gasteiger partial charge in [0, 0.05) is 29.7 Å². The number of likely N-dealkylation sites (tertiary alicyclic amines) is 1. The summed E-state index contributed by atoms with van der Waals surface area (Å²) >= 11 is 0. The molecule has 1 aliphatic rings. The SMILES string of the molecule is CCN1CCCC1CNC(=O)C(C)n1c2ccccc2c2nc(=O)cc(C)n21. The molecule has 2 atom stereocenters. The van der Waals surface area contributed by atoms with Crippen molar-refractivity contribution in [2.45, 2.75) is 45.7 Å². The number of carbonyl (C=O) groups excluding carboxylic acids is 1. The first-order valence-electron chi connectivity index (χ1n) is 10.0. The quantitative estimate of drug-likeness (QED) is 0.735. The molecule has 2 unspecified atom stereocenters. The van der Waals surface area contributed by atoms with Crippen LogP contribution in [0.4, 0.5) is 0 Å². The van der Waals surface area contributed by atoms with Crippen LogP contribution in [0.2, 0.25) is 0 Å². The van der Waals surface area contributed by atoms with Gasteiger partial charge < -0.3 is 5.32 Å². The van der Waals surface area contributed by atoms with Gasteiger partial charge in [0.15, 0.2) is 5.65 Å². The van der Waals surface area contributed by atoms with Crippen LogP contribution in [0.1, 0.15) is 38.4 Å². The van der Waals surface area contributed by atoms with E-state index in [0.29, 0.717) is 18.2 Å². The number of para-hydroxylation sites is 1. The molecule has 3 aromatic rings. The van der Waals surface area contributed by atoms with Crippen molar-refractivity contribution in [3.8, 4) is 0 Å². The number of hydrogen-bond acceptors (Lipinski definition) is 4. The van der Waals surface area contributed by atoms with Gasteiger partial charge in [-0.2, -0.15) is 4.98 Å². The van der Waals surface area contributed by atoms with E-state index >= 15 is 0 Å². The van der Waals surface area contributed by atoms with E-state index in [1.54, 1.807) is 0 Å². The van der Waals surface area contributed by atoms with Gasteiger partial charge in [0.1, 0.15) is 6.04 Å². The minimum Gasteiger partial charge on any atom is -0.353 e. The van der Waals surface area contributed by atoms with Crippen molar-refractivity contribution in [2.75, 3.05) is 19.6 Å². The molecule has 2 aromatic heterocycles. The number of hydrogen-bond donors (Lipinski definition) is 1. The Morgan fingerprint density at radius 2 is 2.14 bits per heavy atom. The van der Waals surface area contributed by atoms with E-state index < -0.39 is 6.04 Å². The summed E-state index contributed by atoms with van der Waals surface area (Å²) < 4.78 is 3.82. The molecule has 0 saturated carbocycles. The highest BCUT2D eigenvalue weighted by molar-refractivity contribution is 5.94. The van der Waals surface area contributed by atoms with Crippen molar-refractivity contribution in [1.82, 2.24) is 24.4 Å². The molecular formula is C21H27N5O2. The largest absolute Gasteiger partial charge is 0.353 e. The summed E-state index contributed by atoms with van der Waals surface area (Å²) in [5, 5.41) is 4.01. The Labute approximate surface area is 163 Å². The molecule has 1 amide bonds. The summed E-state index contributed by atoms with van der Waals surface area (Å²) in [6, 6.07) is 9.26. The van der Waals surface area contributed by atoms with E-state index in [1.807, 2.05) is 47.3 Å². The van der Waals surface area contributed by atoms with Crippen LogP contribution >= 0.6 is 0 Å². The second-order valence-electron chi connectivity index (χ2n) is 7.58. The molecule has 28 heavy (non-hydrogen) atoms. The van der Waals surface area contributed by atoms with Crippen LogP contribution in [0.3, 0.4) is 0 Å². The fourth-order valence-electron chi connectivity index (χ4n) is 4.41. The molecule has 0 aliphatic carbocycles. The molecule has 0 radical (unpaired) electrons. The molecule has 7 heteroatoms. The first-order valence-corrected chi connectivity index (χ1v) is 10.0. The van der Waals surface area contributed by atoms with Gasteiger partial charge in [-0.3, -0.25) is 19.2 Å². The van der Waals surface area contributed by atoms with Crippen molar-refractivity contribution < 1.29 is 4.79 Å². The van der Waals surface area contributed by atoms with E-state index in [9.17, 15) is 9.59 Å². The molecule has 1 aliphatic heterocycles. The molecule has 1 saturated heterocycles. The second kappa shape index (κ2) is 7.39. The number of aryl methyl sites for hydroxylation is 1. The molecule has 1 aromatic carbocycles. The van der Waals surface area contributed by atoms with Crippen LogP contribution < -0.4 is 10.9 Å². The van der Waals surface area contributed by atoms with Crippen LogP contribution in [0.5, 0.6) is 0 Å². The molecular weight excluding hydrogens is 354 g/mol. The maximum Gasteiger partial charge on any atom is 0.273 e. The lowest BCUT2D eigenvalue weighted by molar-refractivity contribution is -0.124. The molecule has 0 spiro atoms. The lowest BCUT2D eigenvalue weighted by Crippen LogP contribution is -2.42. The number of fused-ring (bicyclic) bond motifs is 3. The van der Waals surface area contributed by atoms with Crippen LogP contribution in [0.15, 0.2) is 35.1 Å². The Hall–Kier alpha value is -2.67. The second-order valence-corrected chi connectivity index (χ2v) is 7.58. The van der Waals surface area contributed by atoms with Crippen LogP contribution in [-0.4, -0.2) is 50.7 Å². The molecule has 148 valence electrons. The van der Waals surface area contributed by atoms with Crippen LogP contribution in [-0.2, 0) is 4.79 Å². The Morgan fingerprint density at radius 3 is 2.93 bits per heavy atom. The fraction of sp³-hybridized carbons (Fsp3) is 0.476. The predicted molar refractivity (Wildman–Crippen MR) is 110 cm³/mol. The van der Waals surface area contributed by atoms with Crippen molar-refractivity contribution in [2.24, 2.45) is 0 Å². The van der Waals surface area contributed by atoms with Crippen LogP contribution in [0.25, 0.3) is 16.6 Å². The number of nitrogens with one attached hydrogen (secondary N) is 1. The summed E-state index contributed by atoms with van der Waals surface area (Å²) in [5.41, 5.74) is 1.98. The van der Waals surface area contributed by atoms with Gasteiger partial charge in [-0.25, -0.2) is 4.52 Å². The highest BCUT2D eigenvalue weighted by Crippen LogP contribution is 2.25. The lowest BCUT2D eigenvalue weighted by Gasteiger charge is -2.24. The zero-order chi connectivity index (χ0) is 19.8. The average molecular weight is 381 g/mol. The molecule has 4 rings (SSSR count). The van der Waals surface area contributed by atoms with Crippen molar-refractivity contribution >= 4 is 22.5 Å². The van der Waals surface area contributed by atoms with Crippen molar-refractivity contribution in [1.29, 1.82) is 0 Å². The van der Waals surface area contributed by atoms with Gasteiger partial charge in [0.2, 0.25) is 5.91 Å². The monoisotopic (exact) mass is 381 g/mol. The number of amides is 1. The minimum absolute atomic E-state index is 0.0243. The summed E-state index contributed by atoms with van der Waals surface area (Å²) in [7, 11) is 0. The first kappa shape index (κ1) is 18.7. The molecule has 1 N–H and O–H groups in total. The summed E-state index contributed by atoms with van der Waals surface area (Å²) in [5.74, 6) is -0.0243. The van der Waals surface area contributed by atoms with Crippen molar-refractivity contribution in [3.05, 3.63) is 46.4 Å². The summed E-state index contributed by atoms with van der Waals surface area (Å²) in [6.45, 7) is 8.72. The standard InChI is InChI=1S/C21H27N5O2/c1-4-24-11-7-8-16(24)13-22-21(28)15(3)26-18-10-6-5-9-17(18)20-23-19(27)12-14(2)25(20)26/h5-6,9-10,12,15-16H,4,7-8,11,13H2,1-3H3,(H,22,28). The zero-order valence-electron chi connectivity index (χ0n) is 16.7. The van der Waals surface area contributed by atoms with E-state index in [0.717, 1.165) is 36.1 Å². The Bertz CT molecular complexity index is 1080. The molecule has 1 fully saturated rings. The van der Waals surface area contributed by atoms with E-state index in [1.165, 1.54) is 12.5 Å². The highest BCUT2D eigenvalue weighted by atomic mass is 16.2. The maximum atomic E-state index is 13.0. The third kappa shape index (κ3) is 3.09. The zero-order valence-corrected chi connectivity index (χ0v) is 16.7. The maximum absolute atomic E-state index is 13.0. The summed E-state index contributed by atoms with van der Waals surface area (Å²) in [6.07, 6.45) is 2.32. The number of rotatable bonds is 5. The van der Waals surface area contributed by atoms with Gasteiger partial charge in [-0.1, -0.05) is 19.1 Å². The highest BCUT2D eigenvalue weighted by Gasteiger charge is 2.26. The number of likely N-dealkylation sites (N-methyl/N-ethyl adjacent to an activating group) is 1. The number of benzene rings is 1. The van der Waals surface area contributed by atoms with E-state index in [4.69, 9.17) is 0 Å². The minimum atomic E-state index is -0.429. The number of carbonyl (C=O) groups is 1. The Kier molecular flexibility index (Phi) is 4.93. The normalized spacial score (nSPS) is 18.8. The third-order valence-electron chi connectivity index (χ3n) is 5.85. The number of aromatic nitrogens is 3. The fourth-order valence-corrected chi connectivity index (χ4v) is 4.41. The van der Waals surface area contributed by atoms with E-state index in [2.05, 4.69) is 22.1 Å². The smallest absolute Gasteiger partial charge is 0.273 e. The Balaban J connectivity index is 1.69. The predicted octanol–water partition coefficient (Wildman–Crippen LogP) is 2.12. The lowest BCUT2D eigenvalue weighted by atomic mass is 10.2. The number of nitrogens with zero attached hydrogens (tertiary/aromatic N) is 4. The van der Waals surface area contributed by atoms with Gasteiger partial charge >= 0.3 is 0 Å². The molecule has 3 heterocycles. The van der Waals surface area contributed by atoms with Gasteiger partial charge in [0.05, 0.1) is 5.52 Å². The Morgan fingerprint density at radius 1 is 1.36 bits per heavy atom. The molecule has 0 bridgehead atoms. The van der Waals surface area contributed by atoms with Gasteiger partial charge in [0.25, 0.3) is 5.56 Å². The first-order chi connectivity index (χ1) is 13.5. The summed E-state index contributed by atoms with van der Waals surface area (Å²) in [4.78, 5) is 31.6.